The lowest BCUT2D eigenvalue weighted by atomic mass is 10.00. The molecule has 1 amide bonds. The summed E-state index contributed by atoms with van der Waals surface area (Å²) in [6.07, 6.45) is 0.511. The Kier molecular flexibility index (Phi) is 4.26. The summed E-state index contributed by atoms with van der Waals surface area (Å²) >= 11 is 0. The Labute approximate surface area is 121 Å². The first-order valence-electron chi connectivity index (χ1n) is 6.31. The van der Waals surface area contributed by atoms with E-state index in [1.807, 2.05) is 6.07 Å². The molecule has 6 heteroatoms. The number of aromatic hydroxyl groups is 1. The lowest BCUT2D eigenvalue weighted by Crippen LogP contribution is -2.28. The molecule has 0 radical (unpaired) electrons. The van der Waals surface area contributed by atoms with Crippen LogP contribution in [-0.4, -0.2) is 20.7 Å². The van der Waals surface area contributed by atoms with Crippen LogP contribution >= 0.6 is 0 Å². The third-order valence-corrected chi connectivity index (χ3v) is 3.16. The van der Waals surface area contributed by atoms with Crippen molar-refractivity contribution in [1.29, 1.82) is 5.26 Å². The summed E-state index contributed by atoms with van der Waals surface area (Å²) in [6.45, 7) is 0. The Balaban J connectivity index is 2.14. The van der Waals surface area contributed by atoms with Crippen molar-refractivity contribution in [3.63, 3.8) is 0 Å². The standard InChI is InChI=1S/C15H15N3O3/c1-18-8-2-3-13(18)14(20)12(9-16)15(21)17-10-4-6-11(19)7-5-10/h2-8,12,14,19-20H,1H3,(H,17,21). The van der Waals surface area contributed by atoms with Gasteiger partial charge in [0.1, 0.15) is 11.9 Å². The molecule has 2 rings (SSSR count). The number of amides is 1. The van der Waals surface area contributed by atoms with Crippen molar-refractivity contribution in [2.75, 3.05) is 5.32 Å². The molecular formula is C15H15N3O3. The molecule has 2 aromatic rings. The maximum atomic E-state index is 12.1. The molecular weight excluding hydrogens is 270 g/mol. The van der Waals surface area contributed by atoms with Crippen molar-refractivity contribution >= 4 is 11.6 Å². The summed E-state index contributed by atoms with van der Waals surface area (Å²) in [5.41, 5.74) is 0.930. The average Bonchev–Trinajstić information content (AvgIpc) is 2.88. The Morgan fingerprint density at radius 2 is 2.00 bits per heavy atom. The van der Waals surface area contributed by atoms with Crippen LogP contribution in [0.3, 0.4) is 0 Å². The SMILES string of the molecule is Cn1cccc1C(O)C(C#N)C(=O)Nc1ccc(O)cc1. The third kappa shape index (κ3) is 3.22. The van der Waals surface area contributed by atoms with Crippen LogP contribution in [0.1, 0.15) is 11.8 Å². The fourth-order valence-corrected chi connectivity index (χ4v) is 1.99. The number of hydrogen-bond acceptors (Lipinski definition) is 4. The van der Waals surface area contributed by atoms with Gasteiger partial charge in [0.05, 0.1) is 6.07 Å². The molecule has 1 heterocycles. The monoisotopic (exact) mass is 285 g/mol. The van der Waals surface area contributed by atoms with E-state index < -0.39 is 17.9 Å². The summed E-state index contributed by atoms with van der Waals surface area (Å²) in [6, 6.07) is 11.1. The summed E-state index contributed by atoms with van der Waals surface area (Å²) in [4.78, 5) is 12.1. The van der Waals surface area contributed by atoms with E-state index in [4.69, 9.17) is 5.26 Å². The second-order valence-corrected chi connectivity index (χ2v) is 4.63. The number of hydrogen-bond donors (Lipinski definition) is 3. The molecule has 2 atom stereocenters. The number of aryl methyl sites for hydroxylation is 1. The summed E-state index contributed by atoms with van der Waals surface area (Å²) in [5.74, 6) is -1.75. The molecule has 6 nitrogen and oxygen atoms in total. The molecule has 0 spiro atoms. The van der Waals surface area contributed by atoms with Crippen molar-refractivity contribution < 1.29 is 15.0 Å². The van der Waals surface area contributed by atoms with Crippen LogP contribution in [0.15, 0.2) is 42.6 Å². The minimum Gasteiger partial charge on any atom is -0.508 e. The number of anilines is 1. The van der Waals surface area contributed by atoms with E-state index in [0.717, 1.165) is 0 Å². The second kappa shape index (κ2) is 6.11. The van der Waals surface area contributed by atoms with Crippen LogP contribution < -0.4 is 5.32 Å². The molecule has 0 aliphatic carbocycles. The minimum atomic E-state index is -1.23. The minimum absolute atomic E-state index is 0.0775. The number of rotatable bonds is 4. The van der Waals surface area contributed by atoms with E-state index in [1.165, 1.54) is 24.3 Å². The van der Waals surface area contributed by atoms with Gasteiger partial charge in [0.15, 0.2) is 5.92 Å². The van der Waals surface area contributed by atoms with Crippen LogP contribution in [0.25, 0.3) is 0 Å². The quantitative estimate of drug-likeness (QED) is 0.742. The van der Waals surface area contributed by atoms with E-state index in [-0.39, 0.29) is 5.75 Å². The van der Waals surface area contributed by atoms with Gasteiger partial charge in [-0.1, -0.05) is 0 Å². The first-order chi connectivity index (χ1) is 10.0. The number of benzene rings is 1. The summed E-state index contributed by atoms with van der Waals surface area (Å²) in [7, 11) is 1.73. The van der Waals surface area contributed by atoms with Crippen LogP contribution in [0, 0.1) is 17.2 Å². The summed E-state index contributed by atoms with van der Waals surface area (Å²) < 4.78 is 1.66. The van der Waals surface area contributed by atoms with Crippen LogP contribution in [0.2, 0.25) is 0 Å². The highest BCUT2D eigenvalue weighted by Gasteiger charge is 2.29. The van der Waals surface area contributed by atoms with Gasteiger partial charge in [0.2, 0.25) is 5.91 Å². The van der Waals surface area contributed by atoms with Crippen LogP contribution in [0.5, 0.6) is 5.75 Å². The van der Waals surface area contributed by atoms with Gasteiger partial charge in [-0.25, -0.2) is 0 Å². The second-order valence-electron chi connectivity index (χ2n) is 4.63. The van der Waals surface area contributed by atoms with Crippen LogP contribution in [-0.2, 0) is 11.8 Å². The predicted octanol–water partition coefficient (Wildman–Crippen LogP) is 1.54. The van der Waals surface area contributed by atoms with Gasteiger partial charge in [-0.2, -0.15) is 5.26 Å². The highest BCUT2D eigenvalue weighted by Crippen LogP contribution is 2.23. The first kappa shape index (κ1) is 14.6. The molecule has 21 heavy (non-hydrogen) atoms. The Hall–Kier alpha value is -2.78. The smallest absolute Gasteiger partial charge is 0.244 e. The van der Waals surface area contributed by atoms with Gasteiger partial charge in [-0.15, -0.1) is 0 Å². The third-order valence-electron chi connectivity index (χ3n) is 3.16. The summed E-state index contributed by atoms with van der Waals surface area (Å²) in [5, 5.41) is 31.1. The number of nitriles is 1. The van der Waals surface area contributed by atoms with Gasteiger partial charge in [-0.3, -0.25) is 4.79 Å². The fourth-order valence-electron chi connectivity index (χ4n) is 1.99. The predicted molar refractivity (Wildman–Crippen MR) is 76.2 cm³/mol. The highest BCUT2D eigenvalue weighted by molar-refractivity contribution is 5.94. The van der Waals surface area contributed by atoms with Gasteiger partial charge >= 0.3 is 0 Å². The van der Waals surface area contributed by atoms with E-state index in [1.54, 1.807) is 29.9 Å². The van der Waals surface area contributed by atoms with Gasteiger partial charge < -0.3 is 20.1 Å². The van der Waals surface area contributed by atoms with Gasteiger partial charge in [0.25, 0.3) is 0 Å². The number of aliphatic hydroxyl groups excluding tert-OH is 1. The molecule has 0 bridgehead atoms. The Morgan fingerprint density at radius 3 is 2.52 bits per heavy atom. The number of carbonyl (C=O) groups excluding carboxylic acids is 1. The van der Waals surface area contributed by atoms with E-state index >= 15 is 0 Å². The molecule has 3 N–H and O–H groups in total. The molecule has 0 saturated heterocycles. The maximum Gasteiger partial charge on any atom is 0.244 e. The number of carbonyl (C=O) groups is 1. The largest absolute Gasteiger partial charge is 0.508 e. The maximum absolute atomic E-state index is 12.1. The zero-order valence-electron chi connectivity index (χ0n) is 11.4. The van der Waals surface area contributed by atoms with Crippen molar-refractivity contribution in [3.8, 4) is 11.8 Å². The zero-order valence-corrected chi connectivity index (χ0v) is 11.4. The topological polar surface area (TPSA) is 98.3 Å². The molecule has 0 aliphatic rings. The molecule has 1 aromatic carbocycles. The zero-order chi connectivity index (χ0) is 15.4. The number of phenolic OH excluding ortho intramolecular Hbond substituents is 1. The molecule has 108 valence electrons. The van der Waals surface area contributed by atoms with Crippen molar-refractivity contribution in [2.24, 2.45) is 13.0 Å². The molecule has 2 unspecified atom stereocenters. The Morgan fingerprint density at radius 1 is 1.33 bits per heavy atom. The molecule has 0 saturated carbocycles. The fraction of sp³-hybridized carbons (Fsp3) is 0.200. The van der Waals surface area contributed by atoms with Crippen molar-refractivity contribution in [3.05, 3.63) is 48.3 Å². The van der Waals surface area contributed by atoms with Crippen molar-refractivity contribution in [2.45, 2.75) is 6.10 Å². The first-order valence-corrected chi connectivity index (χ1v) is 6.31. The van der Waals surface area contributed by atoms with Crippen molar-refractivity contribution in [1.82, 2.24) is 4.57 Å². The number of nitrogens with zero attached hydrogens (tertiary/aromatic N) is 2. The van der Waals surface area contributed by atoms with Gasteiger partial charge in [-0.05, 0) is 36.4 Å². The lowest BCUT2D eigenvalue weighted by Gasteiger charge is -2.17. The highest BCUT2D eigenvalue weighted by atomic mass is 16.3. The number of aliphatic hydroxyl groups is 1. The number of aromatic nitrogens is 1. The molecule has 0 fully saturated rings. The van der Waals surface area contributed by atoms with Gasteiger partial charge in [0, 0.05) is 24.6 Å². The number of phenols is 1. The van der Waals surface area contributed by atoms with E-state index in [0.29, 0.717) is 11.4 Å². The average molecular weight is 285 g/mol. The van der Waals surface area contributed by atoms with Crippen LogP contribution in [0.4, 0.5) is 5.69 Å². The van der Waals surface area contributed by atoms with E-state index in [9.17, 15) is 15.0 Å². The van der Waals surface area contributed by atoms with E-state index in [2.05, 4.69) is 5.32 Å². The lowest BCUT2D eigenvalue weighted by molar-refractivity contribution is -0.121. The molecule has 1 aromatic heterocycles. The normalized spacial score (nSPS) is 13.2. The molecule has 0 aliphatic heterocycles. The number of nitrogens with one attached hydrogen (secondary N) is 1. The Bertz CT molecular complexity index is 670.